The number of sulfonamides is 1. The Morgan fingerprint density at radius 3 is 2.30 bits per heavy atom. The number of methoxy groups -OCH3 is 1. The Morgan fingerprint density at radius 2 is 1.83 bits per heavy atom. The molecule has 2 rings (SSSR count). The van der Waals surface area contributed by atoms with Crippen LogP contribution in [0.3, 0.4) is 0 Å². The lowest BCUT2D eigenvalue weighted by atomic mass is 10.2. The van der Waals surface area contributed by atoms with Gasteiger partial charge in [0.2, 0.25) is 15.9 Å². The van der Waals surface area contributed by atoms with Crippen molar-refractivity contribution < 1.29 is 22.7 Å². The SMILES string of the molecule is COc1ccc(N(C(C)C(=O)N2CCOCC2)S(C)(=O)=O)cc1. The summed E-state index contributed by atoms with van der Waals surface area (Å²) in [6, 6.07) is 5.77. The van der Waals surface area contributed by atoms with Gasteiger partial charge >= 0.3 is 0 Å². The Balaban J connectivity index is 2.28. The van der Waals surface area contributed by atoms with Crippen LogP contribution in [-0.4, -0.2) is 64.9 Å². The van der Waals surface area contributed by atoms with Crippen LogP contribution in [0.25, 0.3) is 0 Å². The molecule has 0 aromatic heterocycles. The summed E-state index contributed by atoms with van der Waals surface area (Å²) in [5.41, 5.74) is 0.433. The van der Waals surface area contributed by atoms with Crippen molar-refractivity contribution in [1.29, 1.82) is 0 Å². The molecule has 1 unspecified atom stereocenters. The largest absolute Gasteiger partial charge is 0.497 e. The van der Waals surface area contributed by atoms with Crippen molar-refractivity contribution in [3.05, 3.63) is 24.3 Å². The van der Waals surface area contributed by atoms with Gasteiger partial charge in [-0.05, 0) is 31.2 Å². The van der Waals surface area contributed by atoms with E-state index in [-0.39, 0.29) is 5.91 Å². The van der Waals surface area contributed by atoms with Crippen molar-refractivity contribution in [2.24, 2.45) is 0 Å². The number of benzene rings is 1. The van der Waals surface area contributed by atoms with Crippen LogP contribution in [0.5, 0.6) is 5.75 Å². The van der Waals surface area contributed by atoms with Gasteiger partial charge in [0.05, 0.1) is 32.3 Å². The summed E-state index contributed by atoms with van der Waals surface area (Å²) < 4.78 is 35.9. The molecule has 1 saturated heterocycles. The lowest BCUT2D eigenvalue weighted by Crippen LogP contribution is -2.52. The van der Waals surface area contributed by atoms with Crippen LogP contribution < -0.4 is 9.04 Å². The summed E-state index contributed by atoms with van der Waals surface area (Å²) in [7, 11) is -2.07. The smallest absolute Gasteiger partial charge is 0.246 e. The molecule has 0 spiro atoms. The molecule has 23 heavy (non-hydrogen) atoms. The average molecular weight is 342 g/mol. The molecule has 1 atom stereocenters. The first-order valence-corrected chi connectivity index (χ1v) is 9.19. The molecule has 128 valence electrons. The van der Waals surface area contributed by atoms with Crippen molar-refractivity contribution in [2.45, 2.75) is 13.0 Å². The summed E-state index contributed by atoms with van der Waals surface area (Å²) in [5, 5.41) is 0. The fourth-order valence-electron chi connectivity index (χ4n) is 2.58. The quantitative estimate of drug-likeness (QED) is 0.788. The van der Waals surface area contributed by atoms with Crippen LogP contribution in [0.2, 0.25) is 0 Å². The summed E-state index contributed by atoms with van der Waals surface area (Å²) in [4.78, 5) is 14.3. The van der Waals surface area contributed by atoms with Gasteiger partial charge in [-0.25, -0.2) is 8.42 Å². The molecule has 0 aliphatic carbocycles. The van der Waals surface area contributed by atoms with E-state index in [2.05, 4.69) is 0 Å². The van der Waals surface area contributed by atoms with E-state index in [1.807, 2.05) is 0 Å². The number of amides is 1. The average Bonchev–Trinajstić information content (AvgIpc) is 2.54. The van der Waals surface area contributed by atoms with Gasteiger partial charge < -0.3 is 14.4 Å². The lowest BCUT2D eigenvalue weighted by Gasteiger charge is -2.34. The van der Waals surface area contributed by atoms with E-state index in [1.165, 1.54) is 7.11 Å². The van der Waals surface area contributed by atoms with Crippen LogP contribution in [0.4, 0.5) is 5.69 Å². The Hall–Kier alpha value is -1.80. The highest BCUT2D eigenvalue weighted by Gasteiger charge is 2.32. The maximum Gasteiger partial charge on any atom is 0.246 e. The number of carbonyl (C=O) groups is 1. The highest BCUT2D eigenvalue weighted by molar-refractivity contribution is 7.92. The van der Waals surface area contributed by atoms with Gasteiger partial charge in [-0.3, -0.25) is 9.10 Å². The molecule has 7 nitrogen and oxygen atoms in total. The summed E-state index contributed by atoms with van der Waals surface area (Å²) in [6.45, 7) is 3.50. The minimum absolute atomic E-state index is 0.227. The van der Waals surface area contributed by atoms with Crippen LogP contribution in [-0.2, 0) is 19.6 Å². The van der Waals surface area contributed by atoms with E-state index < -0.39 is 16.1 Å². The maximum atomic E-state index is 12.6. The second kappa shape index (κ2) is 7.18. The Kier molecular flexibility index (Phi) is 5.48. The van der Waals surface area contributed by atoms with Crippen LogP contribution in [0.1, 0.15) is 6.92 Å². The molecule has 1 fully saturated rings. The standard InChI is InChI=1S/C15H22N2O5S/c1-12(15(18)16-8-10-22-11-9-16)17(23(3,19)20)13-4-6-14(21-2)7-5-13/h4-7,12H,8-11H2,1-3H3. The van der Waals surface area contributed by atoms with Gasteiger partial charge in [-0.2, -0.15) is 0 Å². The molecule has 1 aliphatic heterocycles. The number of hydrogen-bond acceptors (Lipinski definition) is 5. The minimum atomic E-state index is -3.61. The van der Waals surface area contributed by atoms with E-state index in [1.54, 1.807) is 36.1 Å². The second-order valence-corrected chi connectivity index (χ2v) is 7.23. The zero-order valence-corrected chi connectivity index (χ0v) is 14.4. The summed E-state index contributed by atoms with van der Waals surface area (Å²) in [6.07, 6.45) is 1.10. The molecule has 0 radical (unpaired) electrons. The number of ether oxygens (including phenoxy) is 2. The van der Waals surface area contributed by atoms with Crippen molar-refractivity contribution in [3.63, 3.8) is 0 Å². The highest BCUT2D eigenvalue weighted by atomic mass is 32.2. The fraction of sp³-hybridized carbons (Fsp3) is 0.533. The maximum absolute atomic E-state index is 12.6. The Bertz CT molecular complexity index is 638. The Labute approximate surface area is 136 Å². The van der Waals surface area contributed by atoms with Gasteiger partial charge in [0.25, 0.3) is 0 Å². The van der Waals surface area contributed by atoms with E-state index in [0.717, 1.165) is 10.6 Å². The minimum Gasteiger partial charge on any atom is -0.497 e. The monoisotopic (exact) mass is 342 g/mol. The van der Waals surface area contributed by atoms with Gasteiger partial charge in [-0.1, -0.05) is 0 Å². The molecule has 1 aromatic carbocycles. The normalized spacial score (nSPS) is 16.7. The lowest BCUT2D eigenvalue weighted by molar-refractivity contribution is -0.136. The number of rotatable bonds is 5. The number of nitrogens with zero attached hydrogens (tertiary/aromatic N) is 2. The molecule has 1 heterocycles. The first-order valence-electron chi connectivity index (χ1n) is 7.34. The van der Waals surface area contributed by atoms with Gasteiger partial charge in [0.1, 0.15) is 11.8 Å². The topological polar surface area (TPSA) is 76.2 Å². The van der Waals surface area contributed by atoms with Crippen molar-refractivity contribution in [1.82, 2.24) is 4.90 Å². The van der Waals surface area contributed by atoms with Gasteiger partial charge in [0.15, 0.2) is 0 Å². The van der Waals surface area contributed by atoms with E-state index in [0.29, 0.717) is 37.7 Å². The van der Waals surface area contributed by atoms with E-state index in [9.17, 15) is 13.2 Å². The van der Waals surface area contributed by atoms with Gasteiger partial charge in [-0.15, -0.1) is 0 Å². The summed E-state index contributed by atoms with van der Waals surface area (Å²) >= 11 is 0. The molecule has 0 N–H and O–H groups in total. The zero-order valence-electron chi connectivity index (χ0n) is 13.6. The van der Waals surface area contributed by atoms with Crippen LogP contribution in [0.15, 0.2) is 24.3 Å². The number of morpholine rings is 1. The van der Waals surface area contributed by atoms with Crippen molar-refractivity contribution >= 4 is 21.6 Å². The summed E-state index contributed by atoms with van der Waals surface area (Å²) in [5.74, 6) is 0.393. The third kappa shape index (κ3) is 4.14. The number of hydrogen-bond donors (Lipinski definition) is 0. The zero-order chi connectivity index (χ0) is 17.0. The van der Waals surface area contributed by atoms with E-state index >= 15 is 0 Å². The first-order chi connectivity index (χ1) is 10.8. The molecule has 0 bridgehead atoms. The molecule has 8 heteroatoms. The van der Waals surface area contributed by atoms with Crippen LogP contribution in [0, 0.1) is 0 Å². The van der Waals surface area contributed by atoms with Crippen molar-refractivity contribution in [2.75, 3.05) is 44.0 Å². The third-order valence-electron chi connectivity index (χ3n) is 3.72. The Morgan fingerprint density at radius 1 is 1.26 bits per heavy atom. The number of carbonyl (C=O) groups excluding carboxylic acids is 1. The predicted molar refractivity (Wildman–Crippen MR) is 87.2 cm³/mol. The molecule has 1 aromatic rings. The predicted octanol–water partition coefficient (Wildman–Crippen LogP) is 0.709. The number of anilines is 1. The molecular formula is C15H22N2O5S. The highest BCUT2D eigenvalue weighted by Crippen LogP contribution is 2.24. The second-order valence-electron chi connectivity index (χ2n) is 5.37. The first kappa shape index (κ1) is 17.6. The van der Waals surface area contributed by atoms with E-state index in [4.69, 9.17) is 9.47 Å². The molecular weight excluding hydrogens is 320 g/mol. The molecule has 0 saturated carbocycles. The van der Waals surface area contributed by atoms with Crippen molar-refractivity contribution in [3.8, 4) is 5.75 Å². The third-order valence-corrected chi connectivity index (χ3v) is 4.96. The molecule has 1 amide bonds. The fourth-order valence-corrected chi connectivity index (χ4v) is 3.75. The molecule has 1 aliphatic rings. The van der Waals surface area contributed by atoms with Gasteiger partial charge in [0, 0.05) is 13.1 Å². The van der Waals surface area contributed by atoms with Crippen LogP contribution >= 0.6 is 0 Å².